The minimum atomic E-state index is -4.29. The monoisotopic (exact) mass is 467 g/mol. The van der Waals surface area contributed by atoms with Gasteiger partial charge in [-0.3, -0.25) is 4.79 Å². The average molecular weight is 468 g/mol. The number of nitrogens with zero attached hydrogens (tertiary/aromatic N) is 2. The van der Waals surface area contributed by atoms with Crippen molar-refractivity contribution in [2.24, 2.45) is 11.8 Å². The molecule has 3 aliphatic rings. The maximum Gasteiger partial charge on any atom is 0.416 e. The smallest absolute Gasteiger partial charge is 0.384 e. The van der Waals surface area contributed by atoms with E-state index >= 15 is 0 Å². The highest BCUT2D eigenvalue weighted by atomic mass is 19.4. The normalized spacial score (nSPS) is 28.2. The summed E-state index contributed by atoms with van der Waals surface area (Å²) >= 11 is 0. The van der Waals surface area contributed by atoms with Gasteiger partial charge in [0.15, 0.2) is 0 Å². The Kier molecular flexibility index (Phi) is 7.84. The Hall–Kier alpha value is -1.80. The van der Waals surface area contributed by atoms with Crippen LogP contribution in [-0.2, 0) is 15.7 Å². The Morgan fingerprint density at radius 1 is 1.09 bits per heavy atom. The second kappa shape index (κ2) is 10.6. The number of ether oxygens (including phenoxy) is 1. The van der Waals surface area contributed by atoms with Gasteiger partial charge in [-0.25, -0.2) is 0 Å². The Labute approximate surface area is 194 Å². The van der Waals surface area contributed by atoms with Gasteiger partial charge in [0, 0.05) is 50.9 Å². The molecule has 2 saturated heterocycles. The third-order valence-corrected chi connectivity index (χ3v) is 7.75. The molecule has 2 aliphatic heterocycles. The summed E-state index contributed by atoms with van der Waals surface area (Å²) in [4.78, 5) is 16.7. The molecule has 8 heteroatoms. The Balaban J connectivity index is 1.20. The molecule has 0 aromatic heterocycles. The summed E-state index contributed by atoms with van der Waals surface area (Å²) in [6.45, 7) is 4.57. The molecule has 1 unspecified atom stereocenters. The van der Waals surface area contributed by atoms with Crippen molar-refractivity contribution in [2.45, 2.75) is 63.2 Å². The number of likely N-dealkylation sites (tertiary alicyclic amines) is 1. The SMILES string of the molecule is COCCC(=O)N[C@H]1CC[C@H](CCN2CC3[C@@H](CCN3c3ccc(C(F)(F)F)cc3)C2)CC1. The van der Waals surface area contributed by atoms with Gasteiger partial charge in [-0.1, -0.05) is 0 Å². The maximum atomic E-state index is 12.9. The number of methoxy groups -OCH3 is 1. The van der Waals surface area contributed by atoms with Crippen LogP contribution >= 0.6 is 0 Å². The summed E-state index contributed by atoms with van der Waals surface area (Å²) in [6.07, 6.45) is 2.86. The lowest BCUT2D eigenvalue weighted by Crippen LogP contribution is -2.38. The van der Waals surface area contributed by atoms with Crippen LogP contribution in [0.4, 0.5) is 18.9 Å². The van der Waals surface area contributed by atoms with Crippen LogP contribution in [0.2, 0.25) is 0 Å². The van der Waals surface area contributed by atoms with E-state index in [2.05, 4.69) is 15.1 Å². The first kappa shape index (κ1) is 24.3. The minimum Gasteiger partial charge on any atom is -0.384 e. The molecule has 184 valence electrons. The third-order valence-electron chi connectivity index (χ3n) is 7.75. The first-order chi connectivity index (χ1) is 15.8. The molecule has 1 aliphatic carbocycles. The van der Waals surface area contributed by atoms with Crippen LogP contribution in [-0.4, -0.2) is 62.8 Å². The van der Waals surface area contributed by atoms with E-state index in [1.165, 1.54) is 18.6 Å². The van der Waals surface area contributed by atoms with Gasteiger partial charge < -0.3 is 19.9 Å². The lowest BCUT2D eigenvalue weighted by atomic mass is 9.84. The van der Waals surface area contributed by atoms with Crippen LogP contribution in [0.25, 0.3) is 0 Å². The van der Waals surface area contributed by atoms with Crippen molar-refractivity contribution >= 4 is 11.6 Å². The lowest BCUT2D eigenvalue weighted by molar-refractivity contribution is -0.137. The maximum absolute atomic E-state index is 12.9. The van der Waals surface area contributed by atoms with E-state index in [9.17, 15) is 18.0 Å². The largest absolute Gasteiger partial charge is 0.416 e. The van der Waals surface area contributed by atoms with Crippen molar-refractivity contribution in [2.75, 3.05) is 44.8 Å². The van der Waals surface area contributed by atoms with E-state index in [4.69, 9.17) is 4.74 Å². The standard InChI is InChI=1S/C25H36F3N3O2/c1-33-15-12-24(32)29-21-6-2-18(3-7-21)10-13-30-16-19-11-14-31(23(19)17-30)22-8-4-20(5-9-22)25(26,27)28/h4-5,8-9,18-19,21,23H,2-3,6-7,10-17H2,1H3,(H,29,32)/t18-,19-,21-,23?/m0/s1. The summed E-state index contributed by atoms with van der Waals surface area (Å²) < 4.78 is 43.6. The topological polar surface area (TPSA) is 44.8 Å². The highest BCUT2D eigenvalue weighted by Gasteiger charge is 2.41. The van der Waals surface area contributed by atoms with Crippen LogP contribution in [0.1, 0.15) is 50.5 Å². The van der Waals surface area contributed by atoms with Crippen molar-refractivity contribution in [3.63, 3.8) is 0 Å². The summed E-state index contributed by atoms with van der Waals surface area (Å²) in [6, 6.07) is 6.35. The molecule has 5 nitrogen and oxygen atoms in total. The van der Waals surface area contributed by atoms with Crippen molar-refractivity contribution in [1.29, 1.82) is 0 Å². The first-order valence-electron chi connectivity index (χ1n) is 12.3. The number of carbonyl (C=O) groups excluding carboxylic acids is 1. The number of fused-ring (bicyclic) bond motifs is 1. The van der Waals surface area contributed by atoms with E-state index in [0.717, 1.165) is 64.0 Å². The molecule has 33 heavy (non-hydrogen) atoms. The van der Waals surface area contributed by atoms with Crippen LogP contribution in [0.3, 0.4) is 0 Å². The first-order valence-corrected chi connectivity index (χ1v) is 12.3. The molecular weight excluding hydrogens is 431 g/mol. The predicted molar refractivity (Wildman–Crippen MR) is 122 cm³/mol. The second-order valence-corrected chi connectivity index (χ2v) is 9.93. The lowest BCUT2D eigenvalue weighted by Gasteiger charge is -2.31. The van der Waals surface area contributed by atoms with Crippen LogP contribution in [0.15, 0.2) is 24.3 Å². The number of rotatable bonds is 8. The van der Waals surface area contributed by atoms with Gasteiger partial charge in [-0.15, -0.1) is 0 Å². The number of hydrogen-bond acceptors (Lipinski definition) is 4. The highest BCUT2D eigenvalue weighted by Crippen LogP contribution is 2.37. The quantitative estimate of drug-likeness (QED) is 0.619. The number of alkyl halides is 3. The van der Waals surface area contributed by atoms with Crippen molar-refractivity contribution in [1.82, 2.24) is 10.2 Å². The number of hydrogen-bond donors (Lipinski definition) is 1. The fraction of sp³-hybridized carbons (Fsp3) is 0.720. The molecule has 2 heterocycles. The third kappa shape index (κ3) is 6.21. The number of amides is 1. The number of halogens is 3. The van der Waals surface area contributed by atoms with E-state index in [0.29, 0.717) is 36.9 Å². The molecule has 2 atom stereocenters. The Bertz CT molecular complexity index is 778. The zero-order valence-electron chi connectivity index (χ0n) is 19.4. The molecular formula is C25H36F3N3O2. The average Bonchev–Trinajstić information content (AvgIpc) is 3.37. The van der Waals surface area contributed by atoms with Gasteiger partial charge in [0.05, 0.1) is 12.2 Å². The summed E-state index contributed by atoms with van der Waals surface area (Å²) in [5.41, 5.74) is 0.322. The van der Waals surface area contributed by atoms with Gasteiger partial charge in [0.25, 0.3) is 0 Å². The molecule has 1 aromatic rings. The zero-order valence-corrected chi connectivity index (χ0v) is 19.4. The van der Waals surface area contributed by atoms with Gasteiger partial charge in [-0.2, -0.15) is 13.2 Å². The van der Waals surface area contributed by atoms with Crippen LogP contribution in [0.5, 0.6) is 0 Å². The minimum absolute atomic E-state index is 0.0847. The molecule has 1 aromatic carbocycles. The van der Waals surface area contributed by atoms with Crippen LogP contribution < -0.4 is 10.2 Å². The van der Waals surface area contributed by atoms with E-state index in [-0.39, 0.29) is 5.91 Å². The van der Waals surface area contributed by atoms with Crippen molar-refractivity contribution < 1.29 is 22.7 Å². The molecule has 0 bridgehead atoms. The van der Waals surface area contributed by atoms with Gasteiger partial charge in [0.1, 0.15) is 0 Å². The molecule has 0 radical (unpaired) electrons. The summed E-state index contributed by atoms with van der Waals surface area (Å²) in [5, 5.41) is 3.13. The molecule has 4 rings (SSSR count). The van der Waals surface area contributed by atoms with E-state index < -0.39 is 11.7 Å². The second-order valence-electron chi connectivity index (χ2n) is 9.93. The number of nitrogens with one attached hydrogen (secondary N) is 1. The van der Waals surface area contributed by atoms with E-state index in [1.807, 2.05) is 0 Å². The molecule has 1 saturated carbocycles. The summed E-state index contributed by atoms with van der Waals surface area (Å²) in [7, 11) is 1.61. The number of benzene rings is 1. The van der Waals surface area contributed by atoms with Gasteiger partial charge in [-0.05, 0) is 81.2 Å². The van der Waals surface area contributed by atoms with Crippen molar-refractivity contribution in [3.05, 3.63) is 29.8 Å². The molecule has 0 spiro atoms. The van der Waals surface area contributed by atoms with Crippen LogP contribution in [0, 0.1) is 11.8 Å². The van der Waals surface area contributed by atoms with Gasteiger partial charge >= 0.3 is 6.18 Å². The molecule has 1 N–H and O–H groups in total. The fourth-order valence-electron chi connectivity index (χ4n) is 5.85. The highest BCUT2D eigenvalue weighted by molar-refractivity contribution is 5.76. The zero-order chi connectivity index (χ0) is 23.4. The number of anilines is 1. The number of carbonyl (C=O) groups is 1. The van der Waals surface area contributed by atoms with Gasteiger partial charge in [0.2, 0.25) is 5.91 Å². The molecule has 1 amide bonds. The summed E-state index contributed by atoms with van der Waals surface area (Å²) in [5.74, 6) is 1.40. The fourth-order valence-corrected chi connectivity index (χ4v) is 5.85. The molecule has 3 fully saturated rings. The van der Waals surface area contributed by atoms with E-state index in [1.54, 1.807) is 19.2 Å². The van der Waals surface area contributed by atoms with Crippen molar-refractivity contribution in [3.8, 4) is 0 Å². The Morgan fingerprint density at radius 2 is 1.82 bits per heavy atom. The predicted octanol–water partition coefficient (Wildman–Crippen LogP) is 4.32. The Morgan fingerprint density at radius 3 is 2.48 bits per heavy atom.